The Hall–Kier alpha value is -0.960. The number of hydrogen-bond donors (Lipinski definition) is 1. The van der Waals surface area contributed by atoms with Crippen molar-refractivity contribution >= 4 is 16.8 Å². The molecule has 0 aromatic heterocycles. The Kier molecular flexibility index (Phi) is 2.56. The molecule has 0 saturated heterocycles. The molecule has 2 bridgehead atoms. The maximum absolute atomic E-state index is 4.73. The summed E-state index contributed by atoms with van der Waals surface area (Å²) in [5.74, 6) is 3.85. The molecular formula is C18H22N2S. The molecule has 3 saturated carbocycles. The van der Waals surface area contributed by atoms with Gasteiger partial charge in [0.15, 0.2) is 0 Å². The van der Waals surface area contributed by atoms with Crippen LogP contribution in [0.3, 0.4) is 0 Å². The highest BCUT2D eigenvalue weighted by atomic mass is 32.2. The third kappa shape index (κ3) is 1.70. The maximum Gasteiger partial charge on any atom is 0.126 e. The minimum atomic E-state index is 0.233. The van der Waals surface area contributed by atoms with E-state index >= 15 is 0 Å². The number of hydrogen-bond acceptors (Lipinski definition) is 3. The molecule has 3 heteroatoms. The highest BCUT2D eigenvalue weighted by molar-refractivity contribution is 8.15. The third-order valence-electron chi connectivity index (χ3n) is 6.39. The van der Waals surface area contributed by atoms with Gasteiger partial charge >= 0.3 is 0 Å². The molecular weight excluding hydrogens is 276 g/mol. The average molecular weight is 298 g/mol. The van der Waals surface area contributed by atoms with Crippen LogP contribution in [0.15, 0.2) is 29.4 Å². The molecule has 3 aliphatic carbocycles. The van der Waals surface area contributed by atoms with Crippen molar-refractivity contribution in [1.82, 2.24) is 5.43 Å². The van der Waals surface area contributed by atoms with Crippen molar-refractivity contribution in [2.24, 2.45) is 28.8 Å². The van der Waals surface area contributed by atoms with E-state index < -0.39 is 0 Å². The molecule has 1 heterocycles. The summed E-state index contributed by atoms with van der Waals surface area (Å²) in [6.45, 7) is 2.14. The molecule has 21 heavy (non-hydrogen) atoms. The molecule has 3 fully saturated rings. The Bertz CT molecular complexity index is 608. The zero-order valence-electron chi connectivity index (χ0n) is 12.5. The molecule has 2 nitrogen and oxygen atoms in total. The highest BCUT2D eigenvalue weighted by Crippen LogP contribution is 2.66. The van der Waals surface area contributed by atoms with E-state index in [1.165, 1.54) is 48.3 Å². The lowest BCUT2D eigenvalue weighted by Crippen LogP contribution is -2.45. The van der Waals surface area contributed by atoms with Gasteiger partial charge in [0.2, 0.25) is 0 Å². The van der Waals surface area contributed by atoms with Gasteiger partial charge in [-0.3, -0.25) is 5.43 Å². The lowest BCUT2D eigenvalue weighted by Gasteiger charge is -2.38. The summed E-state index contributed by atoms with van der Waals surface area (Å²) in [6.07, 6.45) is 7.22. The van der Waals surface area contributed by atoms with Gasteiger partial charge in [0, 0.05) is 5.56 Å². The summed E-state index contributed by atoms with van der Waals surface area (Å²) in [7, 11) is 0. The molecule has 0 amide bonds. The summed E-state index contributed by atoms with van der Waals surface area (Å²) in [5, 5.41) is 5.94. The summed E-state index contributed by atoms with van der Waals surface area (Å²) < 4.78 is 0. The van der Waals surface area contributed by atoms with Crippen LogP contribution >= 0.6 is 11.8 Å². The molecule has 5 rings (SSSR count). The molecule has 1 aromatic rings. The molecule has 1 aliphatic heterocycles. The Morgan fingerprint density at radius 3 is 2.86 bits per heavy atom. The standard InChI is InChI=1S/C18H22N2S/c1-11-5-7-12(8-6-11)17-19-20-18(21-17)10-13-9-16(18)15-4-2-3-14(13)15/h5-8,13-16,20H,2-4,9-10H2,1H3/t13-,14+,15-,16+,18-/m1/s1. The van der Waals surface area contributed by atoms with Gasteiger partial charge in [0.1, 0.15) is 9.91 Å². The SMILES string of the molecule is Cc1ccc(C2=NN[C@]3(C[C@H]4C[C@H]3[C@@H]3CCC[C@@H]43)S2)cc1. The van der Waals surface area contributed by atoms with Crippen molar-refractivity contribution in [3.8, 4) is 0 Å². The van der Waals surface area contributed by atoms with Crippen LogP contribution in [0, 0.1) is 30.6 Å². The molecule has 1 N–H and O–H groups in total. The number of thioether (sulfide) groups is 1. The first-order valence-corrected chi connectivity index (χ1v) is 9.18. The minimum absolute atomic E-state index is 0.233. The number of rotatable bonds is 1. The number of nitrogens with zero attached hydrogens (tertiary/aromatic N) is 1. The van der Waals surface area contributed by atoms with Gasteiger partial charge in [-0.15, -0.1) is 0 Å². The second kappa shape index (κ2) is 4.28. The summed E-state index contributed by atoms with van der Waals surface area (Å²) in [4.78, 5) is 0.233. The molecule has 5 atom stereocenters. The van der Waals surface area contributed by atoms with Gasteiger partial charge in [-0.25, -0.2) is 0 Å². The average Bonchev–Trinajstić information content (AvgIpc) is 3.22. The normalized spacial score (nSPS) is 43.2. The fraction of sp³-hybridized carbons (Fsp3) is 0.611. The van der Waals surface area contributed by atoms with Crippen LogP contribution in [0.25, 0.3) is 0 Å². The Balaban J connectivity index is 1.41. The van der Waals surface area contributed by atoms with Crippen molar-refractivity contribution < 1.29 is 0 Å². The Labute approximate surface area is 130 Å². The van der Waals surface area contributed by atoms with Crippen LogP contribution < -0.4 is 5.43 Å². The maximum atomic E-state index is 4.73. The highest BCUT2D eigenvalue weighted by Gasteiger charge is 2.63. The van der Waals surface area contributed by atoms with Crippen LogP contribution in [-0.4, -0.2) is 9.91 Å². The minimum Gasteiger partial charge on any atom is -0.292 e. The zero-order chi connectivity index (χ0) is 14.0. The lowest BCUT2D eigenvalue weighted by atomic mass is 9.79. The van der Waals surface area contributed by atoms with E-state index in [0.29, 0.717) is 0 Å². The van der Waals surface area contributed by atoms with Crippen LogP contribution in [0.5, 0.6) is 0 Å². The van der Waals surface area contributed by atoms with Crippen LogP contribution in [0.2, 0.25) is 0 Å². The summed E-state index contributed by atoms with van der Waals surface area (Å²) >= 11 is 2.03. The number of aryl methyl sites for hydroxylation is 1. The van der Waals surface area contributed by atoms with Gasteiger partial charge in [-0.05, 0) is 56.3 Å². The zero-order valence-corrected chi connectivity index (χ0v) is 13.3. The van der Waals surface area contributed by atoms with E-state index in [0.717, 1.165) is 23.7 Å². The van der Waals surface area contributed by atoms with E-state index in [2.05, 4.69) is 36.6 Å². The van der Waals surface area contributed by atoms with Crippen molar-refractivity contribution in [3.05, 3.63) is 35.4 Å². The van der Waals surface area contributed by atoms with E-state index in [1.807, 2.05) is 11.8 Å². The number of fused-ring (bicyclic) bond motifs is 6. The van der Waals surface area contributed by atoms with E-state index in [4.69, 9.17) is 5.10 Å². The second-order valence-electron chi connectivity index (χ2n) is 7.45. The van der Waals surface area contributed by atoms with Gasteiger partial charge in [0.25, 0.3) is 0 Å². The number of benzene rings is 1. The first-order chi connectivity index (χ1) is 10.3. The van der Waals surface area contributed by atoms with Gasteiger partial charge in [0.05, 0.1) is 0 Å². The van der Waals surface area contributed by atoms with Crippen molar-refractivity contribution in [2.75, 3.05) is 0 Å². The molecule has 110 valence electrons. The molecule has 0 radical (unpaired) electrons. The fourth-order valence-electron chi connectivity index (χ4n) is 5.52. The first-order valence-electron chi connectivity index (χ1n) is 8.36. The fourth-order valence-corrected chi connectivity index (χ4v) is 7.02. The van der Waals surface area contributed by atoms with Gasteiger partial charge in [-0.1, -0.05) is 48.0 Å². The third-order valence-corrected chi connectivity index (χ3v) is 7.84. The number of hydrazone groups is 1. The molecule has 0 unspecified atom stereocenters. The molecule has 1 spiro atoms. The van der Waals surface area contributed by atoms with Crippen molar-refractivity contribution in [2.45, 2.75) is 43.9 Å². The Morgan fingerprint density at radius 2 is 2.00 bits per heavy atom. The monoisotopic (exact) mass is 298 g/mol. The molecule has 4 aliphatic rings. The van der Waals surface area contributed by atoms with Crippen LogP contribution in [-0.2, 0) is 0 Å². The smallest absolute Gasteiger partial charge is 0.126 e. The summed E-state index contributed by atoms with van der Waals surface area (Å²) in [6, 6.07) is 8.81. The summed E-state index contributed by atoms with van der Waals surface area (Å²) in [5.41, 5.74) is 6.19. The topological polar surface area (TPSA) is 24.4 Å². The van der Waals surface area contributed by atoms with Crippen LogP contribution in [0.1, 0.15) is 43.2 Å². The van der Waals surface area contributed by atoms with Crippen LogP contribution in [0.4, 0.5) is 0 Å². The predicted molar refractivity (Wildman–Crippen MR) is 88.2 cm³/mol. The number of nitrogens with one attached hydrogen (secondary N) is 1. The second-order valence-corrected chi connectivity index (χ2v) is 8.77. The van der Waals surface area contributed by atoms with E-state index in [1.54, 1.807) is 0 Å². The predicted octanol–water partition coefficient (Wildman–Crippen LogP) is 4.15. The largest absolute Gasteiger partial charge is 0.292 e. The molecule has 1 aromatic carbocycles. The Morgan fingerprint density at radius 1 is 1.19 bits per heavy atom. The van der Waals surface area contributed by atoms with Crippen molar-refractivity contribution in [1.29, 1.82) is 0 Å². The first kappa shape index (κ1) is 12.6. The van der Waals surface area contributed by atoms with E-state index in [9.17, 15) is 0 Å². The lowest BCUT2D eigenvalue weighted by molar-refractivity contribution is 0.192. The van der Waals surface area contributed by atoms with Crippen molar-refractivity contribution in [3.63, 3.8) is 0 Å². The van der Waals surface area contributed by atoms with Gasteiger partial charge in [-0.2, -0.15) is 5.10 Å². The van der Waals surface area contributed by atoms with Gasteiger partial charge < -0.3 is 0 Å². The quantitative estimate of drug-likeness (QED) is 0.842. The van der Waals surface area contributed by atoms with E-state index in [-0.39, 0.29) is 4.87 Å².